The number of fused-ring (bicyclic) bond motifs is 2. The van der Waals surface area contributed by atoms with E-state index in [4.69, 9.17) is 9.47 Å². The number of hydrogen-bond acceptors (Lipinski definition) is 5. The van der Waals surface area contributed by atoms with E-state index in [0.717, 1.165) is 23.0 Å². The predicted octanol–water partition coefficient (Wildman–Crippen LogP) is 3.96. The van der Waals surface area contributed by atoms with E-state index in [1.807, 2.05) is 0 Å². The minimum absolute atomic E-state index is 0.0291. The zero-order valence-corrected chi connectivity index (χ0v) is 13.4. The summed E-state index contributed by atoms with van der Waals surface area (Å²) in [5.41, 5.74) is 0.790. The van der Waals surface area contributed by atoms with Gasteiger partial charge in [-0.15, -0.1) is 0 Å². The molecule has 1 amide bonds. The van der Waals surface area contributed by atoms with E-state index in [-0.39, 0.29) is 17.4 Å². The maximum Gasteiger partial charge on any atom is 0.250 e. The molecular formula is C17H10F2N2O3S. The fraction of sp³-hybridized carbons (Fsp3) is 0.0588. The lowest BCUT2D eigenvalue weighted by atomic mass is 10.2. The lowest BCUT2D eigenvalue weighted by Gasteiger charge is -1.98. The van der Waals surface area contributed by atoms with Crippen molar-refractivity contribution in [1.82, 2.24) is 4.98 Å². The number of benzene rings is 2. The highest BCUT2D eigenvalue weighted by Gasteiger charge is 2.13. The van der Waals surface area contributed by atoms with Crippen molar-refractivity contribution in [2.24, 2.45) is 0 Å². The molecule has 0 atom stereocenters. The van der Waals surface area contributed by atoms with E-state index in [0.29, 0.717) is 16.2 Å². The third kappa shape index (κ3) is 3.16. The molecule has 1 aliphatic rings. The second kappa shape index (κ2) is 6.14. The third-order valence-electron chi connectivity index (χ3n) is 3.47. The number of rotatable bonds is 3. The Bertz CT molecular complexity index is 1020. The van der Waals surface area contributed by atoms with Crippen LogP contribution < -0.4 is 14.8 Å². The van der Waals surface area contributed by atoms with Crippen LogP contribution in [0, 0.1) is 11.6 Å². The number of thiazole rings is 1. The van der Waals surface area contributed by atoms with Crippen LogP contribution in [0.1, 0.15) is 5.56 Å². The molecule has 0 unspecified atom stereocenters. The van der Waals surface area contributed by atoms with Crippen molar-refractivity contribution >= 4 is 38.7 Å². The second-order valence-electron chi connectivity index (χ2n) is 5.19. The van der Waals surface area contributed by atoms with Crippen LogP contribution in [0.5, 0.6) is 11.5 Å². The van der Waals surface area contributed by atoms with Crippen LogP contribution in [0.25, 0.3) is 16.3 Å². The normalized spacial score (nSPS) is 12.9. The first-order chi connectivity index (χ1) is 12.1. The molecule has 0 bridgehead atoms. The summed E-state index contributed by atoms with van der Waals surface area (Å²) in [6.07, 6.45) is 2.92. The number of aromatic nitrogens is 1. The Morgan fingerprint density at radius 1 is 1.20 bits per heavy atom. The van der Waals surface area contributed by atoms with Crippen LogP contribution in [0.4, 0.5) is 13.9 Å². The van der Waals surface area contributed by atoms with Crippen molar-refractivity contribution in [2.45, 2.75) is 0 Å². The molecule has 1 aromatic heterocycles. The Labute approximate surface area is 144 Å². The van der Waals surface area contributed by atoms with Gasteiger partial charge in [0.15, 0.2) is 22.4 Å². The van der Waals surface area contributed by atoms with E-state index in [9.17, 15) is 13.6 Å². The van der Waals surface area contributed by atoms with Crippen molar-refractivity contribution in [1.29, 1.82) is 0 Å². The number of nitrogens with zero attached hydrogens (tertiary/aromatic N) is 1. The summed E-state index contributed by atoms with van der Waals surface area (Å²) in [5.74, 6) is -0.606. The highest BCUT2D eigenvalue weighted by molar-refractivity contribution is 7.22. The van der Waals surface area contributed by atoms with E-state index in [2.05, 4.69) is 10.3 Å². The number of ether oxygens (including phenoxy) is 2. The second-order valence-corrected chi connectivity index (χ2v) is 6.22. The van der Waals surface area contributed by atoms with Gasteiger partial charge in [-0.25, -0.2) is 13.8 Å². The molecular weight excluding hydrogens is 350 g/mol. The van der Waals surface area contributed by atoms with E-state index >= 15 is 0 Å². The Balaban J connectivity index is 1.49. The Hall–Kier alpha value is -3.00. The molecule has 0 saturated heterocycles. The number of halogens is 2. The van der Waals surface area contributed by atoms with Gasteiger partial charge in [0.1, 0.15) is 11.3 Å². The molecule has 0 aliphatic carbocycles. The number of amides is 1. The Kier molecular flexibility index (Phi) is 3.81. The molecule has 3 aromatic rings. The minimum Gasteiger partial charge on any atom is -0.454 e. The van der Waals surface area contributed by atoms with Crippen molar-refractivity contribution in [3.8, 4) is 11.5 Å². The van der Waals surface area contributed by atoms with E-state index < -0.39 is 17.5 Å². The maximum absolute atomic E-state index is 13.6. The molecule has 2 heterocycles. The van der Waals surface area contributed by atoms with Crippen LogP contribution in [0.15, 0.2) is 36.4 Å². The summed E-state index contributed by atoms with van der Waals surface area (Å²) in [5, 5.41) is 2.73. The molecule has 1 N–H and O–H groups in total. The minimum atomic E-state index is -0.761. The summed E-state index contributed by atoms with van der Waals surface area (Å²) >= 11 is 0.998. The summed E-state index contributed by atoms with van der Waals surface area (Å²) in [6.45, 7) is 0.178. The third-order valence-corrected chi connectivity index (χ3v) is 4.38. The first kappa shape index (κ1) is 15.5. The quantitative estimate of drug-likeness (QED) is 0.719. The van der Waals surface area contributed by atoms with Crippen LogP contribution in [0.3, 0.4) is 0 Å². The standard InChI is InChI=1S/C17H10F2N2O3S/c18-10-6-11(19)16-14(7-10)25-17(21-16)20-15(22)4-2-9-1-3-12-13(5-9)24-8-23-12/h1-7H,8H2,(H,20,21,22)/b4-2+. The molecule has 0 spiro atoms. The summed E-state index contributed by atoms with van der Waals surface area (Å²) in [7, 11) is 0. The lowest BCUT2D eigenvalue weighted by molar-refractivity contribution is -0.111. The van der Waals surface area contributed by atoms with Gasteiger partial charge in [0, 0.05) is 12.1 Å². The highest BCUT2D eigenvalue weighted by atomic mass is 32.1. The first-order valence-corrected chi connectivity index (χ1v) is 8.04. The molecule has 1 aliphatic heterocycles. The molecule has 0 fully saturated rings. The average molecular weight is 360 g/mol. The largest absolute Gasteiger partial charge is 0.454 e. The zero-order valence-electron chi connectivity index (χ0n) is 12.6. The zero-order chi connectivity index (χ0) is 17.4. The fourth-order valence-electron chi connectivity index (χ4n) is 2.35. The summed E-state index contributed by atoms with van der Waals surface area (Å²) < 4.78 is 37.6. The topological polar surface area (TPSA) is 60.5 Å². The molecule has 0 radical (unpaired) electrons. The van der Waals surface area contributed by atoms with Crippen LogP contribution in [-0.2, 0) is 4.79 Å². The van der Waals surface area contributed by atoms with Gasteiger partial charge in [0.25, 0.3) is 0 Å². The van der Waals surface area contributed by atoms with E-state index in [1.165, 1.54) is 12.1 Å². The van der Waals surface area contributed by atoms with Gasteiger partial charge in [-0.2, -0.15) is 0 Å². The number of hydrogen-bond donors (Lipinski definition) is 1. The molecule has 5 nitrogen and oxygen atoms in total. The van der Waals surface area contributed by atoms with Gasteiger partial charge < -0.3 is 9.47 Å². The predicted molar refractivity (Wildman–Crippen MR) is 89.8 cm³/mol. The van der Waals surface area contributed by atoms with Crippen molar-refractivity contribution in [2.75, 3.05) is 12.1 Å². The average Bonchev–Trinajstić information content (AvgIpc) is 3.18. The molecule has 25 heavy (non-hydrogen) atoms. The van der Waals surface area contributed by atoms with Gasteiger partial charge in [-0.05, 0) is 29.8 Å². The SMILES string of the molecule is O=C(/C=C/c1ccc2c(c1)OCO2)Nc1nc2c(F)cc(F)cc2s1. The molecule has 126 valence electrons. The fourth-order valence-corrected chi connectivity index (χ4v) is 3.25. The maximum atomic E-state index is 13.6. The van der Waals surface area contributed by atoms with Gasteiger partial charge in [-0.3, -0.25) is 10.1 Å². The first-order valence-electron chi connectivity index (χ1n) is 7.23. The van der Waals surface area contributed by atoms with Gasteiger partial charge in [0.05, 0.1) is 4.70 Å². The van der Waals surface area contributed by atoms with Crippen LogP contribution in [-0.4, -0.2) is 17.7 Å². The van der Waals surface area contributed by atoms with Gasteiger partial charge >= 0.3 is 0 Å². The Morgan fingerprint density at radius 3 is 2.92 bits per heavy atom. The van der Waals surface area contributed by atoms with Crippen molar-refractivity contribution in [3.05, 3.63) is 53.6 Å². The monoisotopic (exact) mass is 360 g/mol. The van der Waals surface area contributed by atoms with Crippen molar-refractivity contribution < 1.29 is 23.0 Å². The number of carbonyl (C=O) groups is 1. The van der Waals surface area contributed by atoms with Crippen LogP contribution >= 0.6 is 11.3 Å². The number of anilines is 1. The van der Waals surface area contributed by atoms with Crippen molar-refractivity contribution in [3.63, 3.8) is 0 Å². The lowest BCUT2D eigenvalue weighted by Crippen LogP contribution is -2.07. The number of nitrogens with one attached hydrogen (secondary N) is 1. The molecule has 4 rings (SSSR count). The molecule has 2 aromatic carbocycles. The molecule has 8 heteroatoms. The smallest absolute Gasteiger partial charge is 0.250 e. The van der Waals surface area contributed by atoms with E-state index in [1.54, 1.807) is 24.3 Å². The Morgan fingerprint density at radius 2 is 2.04 bits per heavy atom. The number of carbonyl (C=O) groups excluding carboxylic acids is 1. The molecule has 0 saturated carbocycles. The van der Waals surface area contributed by atoms with Crippen LogP contribution in [0.2, 0.25) is 0 Å². The van der Waals surface area contributed by atoms with Gasteiger partial charge in [0.2, 0.25) is 12.7 Å². The highest BCUT2D eigenvalue weighted by Crippen LogP contribution is 2.33. The summed E-state index contributed by atoms with van der Waals surface area (Å²) in [6, 6.07) is 7.22. The van der Waals surface area contributed by atoms with Gasteiger partial charge in [-0.1, -0.05) is 17.4 Å². The summed E-state index contributed by atoms with van der Waals surface area (Å²) in [4.78, 5) is 16.0.